The lowest BCUT2D eigenvalue weighted by molar-refractivity contribution is -0.140. The zero-order valence-corrected chi connectivity index (χ0v) is 11.9. The summed E-state index contributed by atoms with van der Waals surface area (Å²) in [4.78, 5) is 26.8. The molecule has 5 rings (SSSR count). The molecular weight excluding hydrogens is 262 g/mol. The second-order valence-electron chi connectivity index (χ2n) is 6.41. The molecule has 0 spiro atoms. The molecule has 3 nitrogen and oxygen atoms in total. The van der Waals surface area contributed by atoms with E-state index < -0.39 is 0 Å². The molecule has 1 aromatic carbocycles. The number of allylic oxidation sites excluding steroid dienone is 2. The third kappa shape index (κ3) is 1.95. The summed E-state index contributed by atoms with van der Waals surface area (Å²) in [5.41, 5.74) is 1.18. The van der Waals surface area contributed by atoms with Gasteiger partial charge in [0, 0.05) is 6.54 Å². The first-order chi connectivity index (χ1) is 10.3. The van der Waals surface area contributed by atoms with Crippen molar-refractivity contribution in [2.75, 3.05) is 6.54 Å². The summed E-state index contributed by atoms with van der Waals surface area (Å²) in [5.74, 6) is 0.574. The first-order valence-electron chi connectivity index (χ1n) is 7.83. The molecule has 3 aliphatic carbocycles. The molecule has 3 heteroatoms. The van der Waals surface area contributed by atoms with Gasteiger partial charge in [-0.2, -0.15) is 0 Å². The van der Waals surface area contributed by atoms with Crippen LogP contribution in [0.25, 0.3) is 0 Å². The van der Waals surface area contributed by atoms with Crippen molar-refractivity contribution in [1.29, 1.82) is 0 Å². The molecule has 0 aromatic heterocycles. The summed E-state index contributed by atoms with van der Waals surface area (Å²) >= 11 is 0. The van der Waals surface area contributed by atoms with Crippen LogP contribution in [0.2, 0.25) is 0 Å². The fraction of sp³-hybridized carbons (Fsp3) is 0.444. The van der Waals surface area contributed by atoms with Crippen molar-refractivity contribution >= 4 is 11.8 Å². The topological polar surface area (TPSA) is 37.4 Å². The molecule has 1 heterocycles. The summed E-state index contributed by atoms with van der Waals surface area (Å²) in [6, 6.07) is 10.1. The average Bonchev–Trinajstić information content (AvgIpc) is 2.81. The van der Waals surface area contributed by atoms with E-state index in [2.05, 4.69) is 12.2 Å². The second kappa shape index (κ2) is 4.83. The second-order valence-corrected chi connectivity index (χ2v) is 6.41. The van der Waals surface area contributed by atoms with Crippen molar-refractivity contribution in [3.8, 4) is 0 Å². The highest BCUT2D eigenvalue weighted by Crippen LogP contribution is 2.49. The predicted octanol–water partition coefficient (Wildman–Crippen LogP) is 2.43. The minimum atomic E-state index is -0.0722. The van der Waals surface area contributed by atoms with Gasteiger partial charge in [-0.15, -0.1) is 0 Å². The first-order valence-corrected chi connectivity index (χ1v) is 7.83. The van der Waals surface area contributed by atoms with E-state index in [1.54, 1.807) is 0 Å². The van der Waals surface area contributed by atoms with E-state index in [4.69, 9.17) is 0 Å². The van der Waals surface area contributed by atoms with Gasteiger partial charge in [0.1, 0.15) is 0 Å². The van der Waals surface area contributed by atoms with Crippen molar-refractivity contribution in [2.45, 2.75) is 19.3 Å². The van der Waals surface area contributed by atoms with Gasteiger partial charge in [-0.05, 0) is 36.7 Å². The van der Waals surface area contributed by atoms with E-state index >= 15 is 0 Å². The van der Waals surface area contributed by atoms with Crippen molar-refractivity contribution in [2.24, 2.45) is 23.7 Å². The number of imide groups is 1. The summed E-state index contributed by atoms with van der Waals surface area (Å²) in [5, 5.41) is 0. The lowest BCUT2D eigenvalue weighted by Gasteiger charge is -2.38. The van der Waals surface area contributed by atoms with Gasteiger partial charge in [-0.1, -0.05) is 42.5 Å². The fourth-order valence-electron chi connectivity index (χ4n) is 4.24. The Labute approximate surface area is 124 Å². The Morgan fingerprint density at radius 1 is 0.905 bits per heavy atom. The third-order valence-corrected chi connectivity index (χ3v) is 5.32. The number of carbonyl (C=O) groups is 2. The Morgan fingerprint density at radius 2 is 1.48 bits per heavy atom. The number of fused-ring (bicyclic) bond motifs is 1. The lowest BCUT2D eigenvalue weighted by atomic mass is 9.63. The number of carbonyl (C=O) groups excluding carboxylic acids is 2. The summed E-state index contributed by atoms with van der Waals surface area (Å²) in [7, 11) is 0. The number of likely N-dealkylation sites (tertiary alicyclic amines) is 1. The third-order valence-electron chi connectivity index (χ3n) is 5.32. The Morgan fingerprint density at radius 3 is 2.00 bits per heavy atom. The van der Waals surface area contributed by atoms with Gasteiger partial charge in [0.25, 0.3) is 0 Å². The van der Waals surface area contributed by atoms with E-state index in [0.717, 1.165) is 19.3 Å². The summed E-state index contributed by atoms with van der Waals surface area (Å²) in [6.07, 6.45) is 7.21. The molecule has 1 aromatic rings. The highest BCUT2D eigenvalue weighted by Gasteiger charge is 2.56. The number of hydrogen-bond donors (Lipinski definition) is 0. The van der Waals surface area contributed by atoms with Gasteiger partial charge in [-0.25, -0.2) is 0 Å². The molecule has 2 bridgehead atoms. The normalized spacial score (nSPS) is 33.6. The molecule has 4 aliphatic rings. The van der Waals surface area contributed by atoms with Gasteiger partial charge in [0.15, 0.2) is 0 Å². The maximum absolute atomic E-state index is 12.6. The smallest absolute Gasteiger partial charge is 0.233 e. The van der Waals surface area contributed by atoms with Crippen LogP contribution in [0.4, 0.5) is 0 Å². The maximum Gasteiger partial charge on any atom is 0.233 e. The van der Waals surface area contributed by atoms with E-state index in [-0.39, 0.29) is 35.5 Å². The van der Waals surface area contributed by atoms with Crippen LogP contribution in [0.3, 0.4) is 0 Å². The molecule has 0 N–H and O–H groups in total. The van der Waals surface area contributed by atoms with Crippen molar-refractivity contribution in [3.63, 3.8) is 0 Å². The predicted molar refractivity (Wildman–Crippen MR) is 79.2 cm³/mol. The molecule has 2 fully saturated rings. The van der Waals surface area contributed by atoms with Crippen LogP contribution < -0.4 is 0 Å². The van der Waals surface area contributed by atoms with E-state index in [1.807, 2.05) is 30.3 Å². The number of rotatable bonds is 3. The van der Waals surface area contributed by atoms with Gasteiger partial charge in [0.2, 0.25) is 11.8 Å². The molecule has 1 saturated heterocycles. The quantitative estimate of drug-likeness (QED) is 0.630. The van der Waals surface area contributed by atoms with Crippen molar-refractivity contribution in [1.82, 2.24) is 4.90 Å². The van der Waals surface area contributed by atoms with Crippen molar-refractivity contribution in [3.05, 3.63) is 48.0 Å². The zero-order chi connectivity index (χ0) is 14.4. The van der Waals surface area contributed by atoms with Crippen LogP contribution >= 0.6 is 0 Å². The van der Waals surface area contributed by atoms with Crippen LogP contribution in [-0.2, 0) is 16.0 Å². The largest absolute Gasteiger partial charge is 0.282 e. The highest BCUT2D eigenvalue weighted by molar-refractivity contribution is 6.06. The number of hydrogen-bond acceptors (Lipinski definition) is 2. The average molecular weight is 281 g/mol. The van der Waals surface area contributed by atoms with E-state index in [0.29, 0.717) is 6.54 Å². The summed E-state index contributed by atoms with van der Waals surface area (Å²) in [6.45, 7) is 0.522. The van der Waals surface area contributed by atoms with Crippen LogP contribution in [0.15, 0.2) is 42.5 Å². The molecule has 1 aliphatic heterocycles. The monoisotopic (exact) mass is 281 g/mol. The van der Waals surface area contributed by atoms with Crippen LogP contribution in [-0.4, -0.2) is 23.3 Å². The molecule has 2 amide bonds. The highest BCUT2D eigenvalue weighted by atomic mass is 16.2. The maximum atomic E-state index is 12.6. The molecule has 0 radical (unpaired) electrons. The molecule has 21 heavy (non-hydrogen) atoms. The van der Waals surface area contributed by atoms with Crippen LogP contribution in [0.1, 0.15) is 18.4 Å². The van der Waals surface area contributed by atoms with E-state index in [9.17, 15) is 9.59 Å². The minimum Gasteiger partial charge on any atom is -0.282 e. The Kier molecular flexibility index (Phi) is 2.95. The first kappa shape index (κ1) is 12.8. The Hall–Kier alpha value is -1.90. The van der Waals surface area contributed by atoms with Crippen LogP contribution in [0, 0.1) is 23.7 Å². The fourth-order valence-corrected chi connectivity index (χ4v) is 4.24. The molecule has 108 valence electrons. The zero-order valence-electron chi connectivity index (χ0n) is 11.9. The van der Waals surface area contributed by atoms with Gasteiger partial charge in [0.05, 0.1) is 11.8 Å². The Balaban J connectivity index is 1.53. The molecular formula is C18H19NO2. The van der Waals surface area contributed by atoms with Gasteiger partial charge >= 0.3 is 0 Å². The standard InChI is InChI=1S/C18H19NO2/c20-17-15-13-6-7-14(9-8-13)16(15)18(21)19(17)11-10-12-4-2-1-3-5-12/h1-7,13-16H,8-11H2/t13?,14?,15-,16+. The lowest BCUT2D eigenvalue weighted by Crippen LogP contribution is -2.38. The number of benzene rings is 1. The van der Waals surface area contributed by atoms with Crippen molar-refractivity contribution < 1.29 is 9.59 Å². The van der Waals surface area contributed by atoms with E-state index in [1.165, 1.54) is 10.5 Å². The minimum absolute atomic E-state index is 0.0694. The number of amides is 2. The molecule has 1 saturated carbocycles. The van der Waals surface area contributed by atoms with Gasteiger partial charge in [-0.3, -0.25) is 14.5 Å². The van der Waals surface area contributed by atoms with Gasteiger partial charge < -0.3 is 0 Å². The Bertz CT molecular complexity index is 575. The summed E-state index contributed by atoms with van der Waals surface area (Å²) < 4.78 is 0. The molecule has 4 atom stereocenters. The number of nitrogens with zero attached hydrogens (tertiary/aromatic N) is 1. The SMILES string of the molecule is O=C1[C@@H]2C3C=CC(CC3)[C@@H]2C(=O)N1CCc1ccccc1. The van der Waals surface area contributed by atoms with Crippen LogP contribution in [0.5, 0.6) is 0 Å². The molecule has 2 unspecified atom stereocenters.